The number of carboxylic acid groups (broad SMARTS) is 1. The summed E-state index contributed by atoms with van der Waals surface area (Å²) in [6, 6.07) is 6.29. The number of halogens is 4. The molecule has 1 aromatic heterocycles. The normalized spacial score (nSPS) is 17.2. The maximum absolute atomic E-state index is 13.3. The molecule has 0 saturated carbocycles. The molecule has 0 bridgehead atoms. The molecule has 1 fully saturated rings. The van der Waals surface area contributed by atoms with Crippen molar-refractivity contribution in [2.45, 2.75) is 31.1 Å². The van der Waals surface area contributed by atoms with Gasteiger partial charge in [0.1, 0.15) is 5.82 Å². The SMILES string of the molecule is COC(=O)N1Cc2nnc(-c3ccc(F)cc3)n2C2(CCNCC2)C1.O=C(O)C(F)(F)F. The number of piperidine rings is 1. The molecule has 0 aliphatic carbocycles. The van der Waals surface area contributed by atoms with Crippen molar-refractivity contribution in [3.05, 3.63) is 35.9 Å². The van der Waals surface area contributed by atoms with E-state index in [0.717, 1.165) is 43.1 Å². The van der Waals surface area contributed by atoms with E-state index >= 15 is 0 Å². The molecule has 9 nitrogen and oxygen atoms in total. The second kappa shape index (κ2) is 9.10. The number of carbonyl (C=O) groups is 2. The zero-order chi connectivity index (χ0) is 23.5. The Morgan fingerprint density at radius 2 is 1.75 bits per heavy atom. The van der Waals surface area contributed by atoms with Gasteiger partial charge in [-0.2, -0.15) is 13.2 Å². The number of alkyl halides is 3. The molecule has 174 valence electrons. The molecular weight excluding hydrogens is 438 g/mol. The van der Waals surface area contributed by atoms with Crippen LogP contribution in [0, 0.1) is 5.82 Å². The Kier molecular flexibility index (Phi) is 6.67. The lowest BCUT2D eigenvalue weighted by atomic mass is 9.85. The van der Waals surface area contributed by atoms with Crippen LogP contribution in [0.15, 0.2) is 24.3 Å². The van der Waals surface area contributed by atoms with Crippen LogP contribution in [0.3, 0.4) is 0 Å². The Morgan fingerprint density at radius 1 is 1.16 bits per heavy atom. The predicted molar refractivity (Wildman–Crippen MR) is 102 cm³/mol. The van der Waals surface area contributed by atoms with Crippen molar-refractivity contribution in [3.63, 3.8) is 0 Å². The minimum absolute atomic E-state index is 0.278. The standard InChI is InChI=1S/C17H20FN5O2.C2HF3O2/c1-25-16(24)22-10-14-20-21-15(12-2-4-13(18)5-3-12)23(14)17(11-22)6-8-19-9-7-17;3-2(4,5)1(6)7/h2-5,19H,6-11H2,1H3;(H,6,7). The first-order valence-electron chi connectivity index (χ1n) is 9.62. The molecule has 1 aromatic carbocycles. The first kappa shape index (κ1) is 23.4. The number of aromatic nitrogens is 3. The highest BCUT2D eigenvalue weighted by Crippen LogP contribution is 2.38. The van der Waals surface area contributed by atoms with Gasteiger partial charge in [0.05, 0.1) is 19.2 Å². The van der Waals surface area contributed by atoms with Gasteiger partial charge in [0.25, 0.3) is 0 Å². The van der Waals surface area contributed by atoms with Crippen LogP contribution in [0.2, 0.25) is 0 Å². The van der Waals surface area contributed by atoms with Gasteiger partial charge in [0.15, 0.2) is 11.6 Å². The van der Waals surface area contributed by atoms with Crippen LogP contribution in [-0.2, 0) is 21.6 Å². The first-order chi connectivity index (χ1) is 15.1. The molecule has 32 heavy (non-hydrogen) atoms. The smallest absolute Gasteiger partial charge is 0.475 e. The van der Waals surface area contributed by atoms with Gasteiger partial charge in [-0.15, -0.1) is 10.2 Å². The highest BCUT2D eigenvalue weighted by Gasteiger charge is 2.44. The zero-order valence-electron chi connectivity index (χ0n) is 17.0. The average molecular weight is 459 g/mol. The minimum atomic E-state index is -5.08. The van der Waals surface area contributed by atoms with E-state index in [-0.39, 0.29) is 17.4 Å². The molecule has 0 radical (unpaired) electrons. The van der Waals surface area contributed by atoms with Crippen molar-refractivity contribution in [1.82, 2.24) is 25.0 Å². The lowest BCUT2D eigenvalue weighted by Crippen LogP contribution is -2.56. The van der Waals surface area contributed by atoms with Crippen LogP contribution in [0.1, 0.15) is 18.7 Å². The summed E-state index contributed by atoms with van der Waals surface area (Å²) in [4.78, 5) is 22.7. The summed E-state index contributed by atoms with van der Waals surface area (Å²) in [5.41, 5.74) is 0.546. The van der Waals surface area contributed by atoms with E-state index < -0.39 is 12.1 Å². The summed E-state index contributed by atoms with van der Waals surface area (Å²) >= 11 is 0. The number of carbonyl (C=O) groups excluding carboxylic acids is 1. The fraction of sp³-hybridized carbons (Fsp3) is 0.474. The largest absolute Gasteiger partial charge is 0.490 e. The Bertz CT molecular complexity index is 971. The van der Waals surface area contributed by atoms with Crippen LogP contribution in [0.5, 0.6) is 0 Å². The molecule has 2 aliphatic rings. The number of hydrogen-bond acceptors (Lipinski definition) is 6. The quantitative estimate of drug-likeness (QED) is 0.630. The van der Waals surface area contributed by atoms with Crippen molar-refractivity contribution in [3.8, 4) is 11.4 Å². The van der Waals surface area contributed by atoms with Crippen LogP contribution in [0.4, 0.5) is 22.4 Å². The van der Waals surface area contributed by atoms with Gasteiger partial charge in [-0.1, -0.05) is 0 Å². The van der Waals surface area contributed by atoms with E-state index in [1.165, 1.54) is 19.2 Å². The fourth-order valence-corrected chi connectivity index (χ4v) is 3.89. The van der Waals surface area contributed by atoms with E-state index in [1.807, 2.05) is 0 Å². The number of carboxylic acids is 1. The molecule has 2 N–H and O–H groups in total. The second-order valence-electron chi connectivity index (χ2n) is 7.39. The average Bonchev–Trinajstić information content (AvgIpc) is 3.19. The fourth-order valence-electron chi connectivity index (χ4n) is 3.89. The van der Waals surface area contributed by atoms with Crippen LogP contribution < -0.4 is 5.32 Å². The maximum Gasteiger partial charge on any atom is 0.490 e. The number of ether oxygens (including phenoxy) is 1. The molecule has 1 saturated heterocycles. The van der Waals surface area contributed by atoms with Crippen molar-refractivity contribution in [1.29, 1.82) is 0 Å². The van der Waals surface area contributed by atoms with E-state index in [1.54, 1.807) is 17.0 Å². The molecule has 1 spiro atoms. The second-order valence-corrected chi connectivity index (χ2v) is 7.39. The van der Waals surface area contributed by atoms with E-state index in [2.05, 4.69) is 20.1 Å². The number of methoxy groups -OCH3 is 1. The summed E-state index contributed by atoms with van der Waals surface area (Å²) in [5.74, 6) is -1.58. The van der Waals surface area contributed by atoms with E-state index in [0.29, 0.717) is 13.1 Å². The Balaban J connectivity index is 0.000000360. The summed E-state index contributed by atoms with van der Waals surface area (Å²) in [6.07, 6.45) is -3.71. The summed E-state index contributed by atoms with van der Waals surface area (Å²) < 4.78 is 52.1. The van der Waals surface area contributed by atoms with Gasteiger partial charge < -0.3 is 19.7 Å². The van der Waals surface area contributed by atoms with Gasteiger partial charge in [0.2, 0.25) is 0 Å². The molecule has 0 atom stereocenters. The summed E-state index contributed by atoms with van der Waals surface area (Å²) in [7, 11) is 1.39. The Hall–Kier alpha value is -3.22. The Labute approximate surface area is 180 Å². The van der Waals surface area contributed by atoms with Crippen molar-refractivity contribution < 1.29 is 37.0 Å². The van der Waals surface area contributed by atoms with Gasteiger partial charge >= 0.3 is 18.2 Å². The summed E-state index contributed by atoms with van der Waals surface area (Å²) in [5, 5.41) is 19.2. The van der Waals surface area contributed by atoms with Crippen LogP contribution >= 0.6 is 0 Å². The Morgan fingerprint density at radius 3 is 2.28 bits per heavy atom. The number of benzene rings is 1. The van der Waals surface area contributed by atoms with Crippen molar-refractivity contribution in [2.75, 3.05) is 26.7 Å². The molecule has 2 aliphatic heterocycles. The molecule has 3 heterocycles. The number of amides is 1. The summed E-state index contributed by atoms with van der Waals surface area (Å²) in [6.45, 7) is 2.63. The number of nitrogens with zero attached hydrogens (tertiary/aromatic N) is 4. The number of aliphatic carboxylic acids is 1. The monoisotopic (exact) mass is 459 g/mol. The van der Waals surface area contributed by atoms with E-state index in [9.17, 15) is 22.4 Å². The van der Waals surface area contributed by atoms with Crippen LogP contribution in [0.25, 0.3) is 11.4 Å². The third kappa shape index (κ3) is 4.82. The lowest BCUT2D eigenvalue weighted by Gasteiger charge is -2.46. The number of fused-ring (bicyclic) bond motifs is 2. The molecule has 2 aromatic rings. The topological polar surface area (TPSA) is 110 Å². The number of hydrogen-bond donors (Lipinski definition) is 2. The molecular formula is C19H21F4N5O4. The first-order valence-corrected chi connectivity index (χ1v) is 9.62. The lowest BCUT2D eigenvalue weighted by molar-refractivity contribution is -0.192. The van der Waals surface area contributed by atoms with Crippen LogP contribution in [-0.4, -0.2) is 69.8 Å². The highest BCUT2D eigenvalue weighted by atomic mass is 19.4. The maximum atomic E-state index is 13.3. The third-order valence-corrected chi connectivity index (χ3v) is 5.33. The van der Waals surface area contributed by atoms with Crippen molar-refractivity contribution >= 4 is 12.1 Å². The number of nitrogens with one attached hydrogen (secondary N) is 1. The van der Waals surface area contributed by atoms with Gasteiger partial charge in [-0.25, -0.2) is 14.0 Å². The zero-order valence-corrected chi connectivity index (χ0v) is 17.0. The van der Waals surface area contributed by atoms with Gasteiger partial charge in [-0.05, 0) is 50.2 Å². The molecule has 0 unspecified atom stereocenters. The van der Waals surface area contributed by atoms with E-state index in [4.69, 9.17) is 14.6 Å². The predicted octanol–water partition coefficient (Wildman–Crippen LogP) is 2.38. The molecule has 13 heteroatoms. The van der Waals surface area contributed by atoms with Gasteiger partial charge in [0, 0.05) is 12.1 Å². The van der Waals surface area contributed by atoms with Gasteiger partial charge in [-0.3, -0.25) is 4.90 Å². The minimum Gasteiger partial charge on any atom is -0.475 e. The van der Waals surface area contributed by atoms with Crippen molar-refractivity contribution in [2.24, 2.45) is 0 Å². The molecule has 1 amide bonds. The number of rotatable bonds is 1. The molecule has 4 rings (SSSR count). The third-order valence-electron chi connectivity index (χ3n) is 5.33. The highest BCUT2D eigenvalue weighted by molar-refractivity contribution is 5.73.